The molecule has 1 rings (SSSR count). The summed E-state index contributed by atoms with van der Waals surface area (Å²) in [5.41, 5.74) is 0. The van der Waals surface area contributed by atoms with Gasteiger partial charge in [0.1, 0.15) is 17.3 Å². The predicted octanol–water partition coefficient (Wildman–Crippen LogP) is 0.699. The monoisotopic (exact) mass is 378 g/mol. The van der Waals surface area contributed by atoms with Crippen molar-refractivity contribution >= 4 is 31.2 Å². The van der Waals surface area contributed by atoms with Crippen LogP contribution in [0.4, 0.5) is 14.1 Å². The van der Waals surface area contributed by atoms with E-state index in [0.717, 1.165) is 10.9 Å². The SMILES string of the molecule is C/C=C\C[S+]1CCCC1.[F-].[F][Sb]([F])([F])([F])[F]. The second-order valence-corrected chi connectivity index (χ2v) is 9.12. The molecule has 0 atom stereocenters. The fourth-order valence-electron chi connectivity index (χ4n) is 1.11. The zero-order valence-corrected chi connectivity index (χ0v) is 12.2. The number of rotatable bonds is 2. The van der Waals surface area contributed by atoms with Gasteiger partial charge in [0.2, 0.25) is 0 Å². The summed E-state index contributed by atoms with van der Waals surface area (Å²) in [5.74, 6) is 4.37. The molecule has 0 bridgehead atoms. The predicted molar refractivity (Wildman–Crippen MR) is 57.3 cm³/mol. The van der Waals surface area contributed by atoms with Gasteiger partial charge >= 0.3 is 34.4 Å². The molecule has 0 amide bonds. The van der Waals surface area contributed by atoms with Gasteiger partial charge in [-0.3, -0.25) is 0 Å². The first-order valence-electron chi connectivity index (χ1n) is 4.53. The Labute approximate surface area is 99.0 Å². The first-order chi connectivity index (χ1) is 6.67. The Bertz CT molecular complexity index is 189. The van der Waals surface area contributed by atoms with E-state index in [9.17, 15) is 14.1 Å². The molecule has 1 heterocycles. The molecule has 1 fully saturated rings. The molecule has 1 saturated heterocycles. The van der Waals surface area contributed by atoms with E-state index in [2.05, 4.69) is 19.1 Å². The van der Waals surface area contributed by atoms with Crippen molar-refractivity contribution < 1.29 is 18.8 Å². The number of hydrogen-bond acceptors (Lipinski definition) is 0. The molecule has 0 saturated carbocycles. The van der Waals surface area contributed by atoms with Gasteiger partial charge in [-0.25, -0.2) is 0 Å². The summed E-state index contributed by atoms with van der Waals surface area (Å²) in [6, 6.07) is 0. The van der Waals surface area contributed by atoms with Crippen LogP contribution in [-0.4, -0.2) is 37.6 Å². The molecule has 0 unspecified atom stereocenters. The van der Waals surface area contributed by atoms with Gasteiger partial charge in [0.15, 0.2) is 0 Å². The molecule has 0 spiro atoms. The third-order valence-corrected chi connectivity index (χ3v) is 4.08. The van der Waals surface area contributed by atoms with Crippen molar-refractivity contribution in [2.45, 2.75) is 19.8 Å². The average Bonchev–Trinajstić information content (AvgIpc) is 2.47. The Kier molecular flexibility index (Phi) is 9.12. The van der Waals surface area contributed by atoms with E-state index >= 15 is 0 Å². The van der Waals surface area contributed by atoms with Crippen LogP contribution in [0.2, 0.25) is 0 Å². The van der Waals surface area contributed by atoms with E-state index in [4.69, 9.17) is 0 Å². The van der Waals surface area contributed by atoms with Crippen molar-refractivity contribution in [1.29, 1.82) is 0 Å². The molecule has 8 heteroatoms. The molecule has 100 valence electrons. The van der Waals surface area contributed by atoms with Gasteiger partial charge < -0.3 is 4.70 Å². The van der Waals surface area contributed by atoms with Crippen LogP contribution in [0.1, 0.15) is 19.8 Å². The van der Waals surface area contributed by atoms with E-state index in [1.54, 1.807) is 0 Å². The second kappa shape index (κ2) is 7.74. The van der Waals surface area contributed by atoms with Crippen molar-refractivity contribution in [3.63, 3.8) is 0 Å². The zero-order chi connectivity index (χ0) is 12.0. The van der Waals surface area contributed by atoms with Crippen molar-refractivity contribution in [3.05, 3.63) is 12.2 Å². The van der Waals surface area contributed by atoms with E-state index < -0.39 is 20.3 Å². The van der Waals surface area contributed by atoms with Gasteiger partial charge in [-0.05, 0) is 36.7 Å². The first-order valence-corrected chi connectivity index (χ1v) is 11.1. The summed E-state index contributed by atoms with van der Waals surface area (Å²) in [7, 11) is 0.786. The minimum absolute atomic E-state index is 0. The summed E-state index contributed by atoms with van der Waals surface area (Å²) in [4.78, 5) is 0. The van der Waals surface area contributed by atoms with Gasteiger partial charge in [0.05, 0.1) is 0 Å². The molecule has 0 N–H and O–H groups in total. The molecule has 1 aliphatic rings. The minimum atomic E-state index is -9.19. The van der Waals surface area contributed by atoms with Crippen molar-refractivity contribution in [2.75, 3.05) is 17.3 Å². The maximum atomic E-state index is 9.91. The van der Waals surface area contributed by atoms with E-state index in [0.29, 0.717) is 0 Å². The summed E-state index contributed by atoms with van der Waals surface area (Å²) >= 11 is -9.19. The Hall–Kier alpha value is 0.488. The average molecular weight is 379 g/mol. The van der Waals surface area contributed by atoms with Crippen molar-refractivity contribution in [1.82, 2.24) is 0 Å². The molecule has 0 radical (unpaired) electrons. The Morgan fingerprint density at radius 3 is 1.75 bits per heavy atom. The van der Waals surface area contributed by atoms with Crippen molar-refractivity contribution in [2.24, 2.45) is 0 Å². The van der Waals surface area contributed by atoms with E-state index in [-0.39, 0.29) is 4.70 Å². The van der Waals surface area contributed by atoms with Gasteiger partial charge in [-0.15, -0.1) is 0 Å². The Morgan fingerprint density at radius 2 is 1.44 bits per heavy atom. The molecule has 0 aromatic rings. The molecule has 0 aromatic heterocycles. The first kappa shape index (κ1) is 18.8. The third-order valence-electron chi connectivity index (χ3n) is 1.68. The molecule has 1 aliphatic heterocycles. The van der Waals surface area contributed by atoms with Crippen LogP contribution >= 0.6 is 0 Å². The summed E-state index contributed by atoms with van der Waals surface area (Å²) in [6.07, 6.45) is 7.46. The Morgan fingerprint density at radius 1 is 1.06 bits per heavy atom. The summed E-state index contributed by atoms with van der Waals surface area (Å²) in [6.45, 7) is 2.11. The van der Waals surface area contributed by atoms with Crippen LogP contribution in [0, 0.1) is 0 Å². The van der Waals surface area contributed by atoms with Crippen LogP contribution in [-0.2, 0) is 10.9 Å². The van der Waals surface area contributed by atoms with E-state index in [1.807, 2.05) is 0 Å². The quantitative estimate of drug-likeness (QED) is 0.287. The molecular weight excluding hydrogens is 364 g/mol. The third kappa shape index (κ3) is 20.0. The number of halogens is 6. The van der Waals surface area contributed by atoms with Crippen LogP contribution in [0.25, 0.3) is 0 Å². The fraction of sp³-hybridized carbons (Fsp3) is 0.750. The summed E-state index contributed by atoms with van der Waals surface area (Å²) < 4.78 is 49.6. The van der Waals surface area contributed by atoms with Gasteiger partial charge in [0.25, 0.3) is 0 Å². The normalized spacial score (nSPS) is 19.5. The van der Waals surface area contributed by atoms with Crippen molar-refractivity contribution in [3.8, 4) is 0 Å². The molecule has 0 aliphatic carbocycles. The van der Waals surface area contributed by atoms with Gasteiger partial charge in [-0.1, -0.05) is 6.08 Å². The standard InChI is InChI=1S/C8H15S.6FH.Sb/c1-2-3-6-9-7-4-5-8-9;;;;;;;/h2-3H,4-8H2,1H3;6*1H;/q+1;;;;;;;+5/p-6/b3-2-;;;;;;;. The zero-order valence-electron chi connectivity index (χ0n) is 8.81. The van der Waals surface area contributed by atoms with Crippen LogP contribution in [0.3, 0.4) is 0 Å². The Balaban J connectivity index is 0. The van der Waals surface area contributed by atoms with Crippen LogP contribution in [0.5, 0.6) is 0 Å². The number of hydrogen-bond donors (Lipinski definition) is 0. The number of allylic oxidation sites excluding steroid dienone is 1. The summed E-state index contributed by atoms with van der Waals surface area (Å²) in [5, 5.41) is 0. The van der Waals surface area contributed by atoms with Crippen LogP contribution in [0.15, 0.2) is 12.2 Å². The fourth-order valence-corrected chi connectivity index (χ4v) is 3.34. The van der Waals surface area contributed by atoms with E-state index in [1.165, 1.54) is 30.1 Å². The molecule has 16 heavy (non-hydrogen) atoms. The van der Waals surface area contributed by atoms with Gasteiger partial charge in [0, 0.05) is 0 Å². The topological polar surface area (TPSA) is 0 Å². The molecule has 0 aromatic carbocycles. The maximum absolute atomic E-state index is 9.91. The van der Waals surface area contributed by atoms with Gasteiger partial charge in [-0.2, -0.15) is 0 Å². The second-order valence-electron chi connectivity index (χ2n) is 3.10. The molecule has 0 nitrogen and oxygen atoms in total. The van der Waals surface area contributed by atoms with Crippen LogP contribution < -0.4 is 4.70 Å². The molecular formula is C8H15F6SSb.